The van der Waals surface area contributed by atoms with Gasteiger partial charge >= 0.3 is 0 Å². The van der Waals surface area contributed by atoms with Crippen molar-refractivity contribution in [1.82, 2.24) is 10.2 Å². The van der Waals surface area contributed by atoms with Gasteiger partial charge in [0.2, 0.25) is 11.8 Å². The number of amides is 3. The number of nitrogens with one attached hydrogen (secondary N) is 1. The topological polar surface area (TPSA) is 69.7 Å². The highest BCUT2D eigenvalue weighted by molar-refractivity contribution is 5.98. The van der Waals surface area contributed by atoms with E-state index in [1.54, 1.807) is 36.2 Å². The van der Waals surface area contributed by atoms with Crippen LogP contribution >= 0.6 is 0 Å². The van der Waals surface area contributed by atoms with Gasteiger partial charge in [0, 0.05) is 37.3 Å². The summed E-state index contributed by atoms with van der Waals surface area (Å²) >= 11 is 0. The number of hydrogen-bond donors (Lipinski definition) is 1. The maximum atomic E-state index is 12.3. The van der Waals surface area contributed by atoms with Crippen LogP contribution in [0.5, 0.6) is 0 Å². The van der Waals surface area contributed by atoms with Crippen molar-refractivity contribution in [3.05, 3.63) is 29.8 Å². The second-order valence-electron chi connectivity index (χ2n) is 6.08. The van der Waals surface area contributed by atoms with Crippen molar-refractivity contribution in [1.29, 1.82) is 0 Å². The van der Waals surface area contributed by atoms with Crippen molar-refractivity contribution in [2.24, 2.45) is 0 Å². The summed E-state index contributed by atoms with van der Waals surface area (Å²) in [6.07, 6.45) is 1.45. The highest BCUT2D eigenvalue weighted by Gasteiger charge is 2.22. The second-order valence-corrected chi connectivity index (χ2v) is 6.08. The summed E-state index contributed by atoms with van der Waals surface area (Å²) in [5.41, 5.74) is 1.31. The first kappa shape index (κ1) is 17.0. The van der Waals surface area contributed by atoms with Gasteiger partial charge < -0.3 is 15.1 Å². The Kier molecular flexibility index (Phi) is 5.36. The predicted molar refractivity (Wildman–Crippen MR) is 88.3 cm³/mol. The van der Waals surface area contributed by atoms with Crippen molar-refractivity contribution >= 4 is 23.4 Å². The molecule has 1 aromatic carbocycles. The Morgan fingerprint density at radius 1 is 1.26 bits per heavy atom. The zero-order chi connectivity index (χ0) is 17.0. The van der Waals surface area contributed by atoms with E-state index in [1.807, 2.05) is 13.8 Å². The largest absolute Gasteiger partial charge is 0.352 e. The number of nitrogens with zero attached hydrogens (tertiary/aromatic N) is 2. The molecular weight excluding hydrogens is 294 g/mol. The number of likely N-dealkylation sites (N-methyl/N-ethyl adjacent to an activating group) is 1. The molecule has 23 heavy (non-hydrogen) atoms. The number of hydrogen-bond acceptors (Lipinski definition) is 3. The van der Waals surface area contributed by atoms with Crippen LogP contribution in [0.3, 0.4) is 0 Å². The molecule has 0 spiro atoms. The molecule has 0 atom stereocenters. The van der Waals surface area contributed by atoms with E-state index in [2.05, 4.69) is 5.32 Å². The van der Waals surface area contributed by atoms with Crippen molar-refractivity contribution in [2.75, 3.05) is 25.0 Å². The van der Waals surface area contributed by atoms with Gasteiger partial charge in [0.1, 0.15) is 0 Å². The van der Waals surface area contributed by atoms with E-state index in [0.29, 0.717) is 12.0 Å². The summed E-state index contributed by atoms with van der Waals surface area (Å²) in [5, 5.41) is 2.75. The van der Waals surface area contributed by atoms with E-state index in [-0.39, 0.29) is 30.3 Å². The fourth-order valence-corrected chi connectivity index (χ4v) is 2.58. The molecule has 3 amide bonds. The number of rotatable bonds is 5. The molecule has 1 fully saturated rings. The molecule has 0 bridgehead atoms. The first-order valence-corrected chi connectivity index (χ1v) is 7.83. The van der Waals surface area contributed by atoms with Crippen molar-refractivity contribution in [3.63, 3.8) is 0 Å². The van der Waals surface area contributed by atoms with Gasteiger partial charge in [-0.2, -0.15) is 0 Å². The minimum atomic E-state index is -0.219. The summed E-state index contributed by atoms with van der Waals surface area (Å²) in [5.74, 6) is -0.287. The van der Waals surface area contributed by atoms with Crippen LogP contribution in [0.15, 0.2) is 24.3 Å². The molecule has 1 N–H and O–H groups in total. The van der Waals surface area contributed by atoms with Crippen molar-refractivity contribution in [2.45, 2.75) is 32.7 Å². The lowest BCUT2D eigenvalue weighted by Crippen LogP contribution is -2.40. The Bertz CT molecular complexity index is 596. The lowest BCUT2D eigenvalue weighted by atomic mass is 10.1. The van der Waals surface area contributed by atoms with Crippen LogP contribution in [0.4, 0.5) is 5.69 Å². The molecule has 0 aromatic heterocycles. The highest BCUT2D eigenvalue weighted by Crippen LogP contribution is 2.21. The van der Waals surface area contributed by atoms with E-state index in [1.165, 1.54) is 4.90 Å². The van der Waals surface area contributed by atoms with Crippen LogP contribution < -0.4 is 10.2 Å². The number of anilines is 1. The van der Waals surface area contributed by atoms with Crippen LogP contribution in [0.1, 0.15) is 37.0 Å². The molecule has 1 aliphatic rings. The van der Waals surface area contributed by atoms with Gasteiger partial charge in [0.15, 0.2) is 0 Å². The van der Waals surface area contributed by atoms with E-state index in [9.17, 15) is 14.4 Å². The average Bonchev–Trinajstić information content (AvgIpc) is 2.91. The Labute approximate surface area is 136 Å². The molecule has 0 aliphatic carbocycles. The molecule has 1 saturated heterocycles. The van der Waals surface area contributed by atoms with Gasteiger partial charge in [-0.15, -0.1) is 0 Å². The second kappa shape index (κ2) is 7.26. The fraction of sp³-hybridized carbons (Fsp3) is 0.471. The predicted octanol–water partition coefficient (Wildman–Crippen LogP) is 1.41. The number of carbonyl (C=O) groups excluding carboxylic acids is 3. The van der Waals surface area contributed by atoms with Crippen LogP contribution in [0.25, 0.3) is 0 Å². The first-order valence-electron chi connectivity index (χ1n) is 7.83. The summed E-state index contributed by atoms with van der Waals surface area (Å²) in [6.45, 7) is 4.49. The van der Waals surface area contributed by atoms with Gasteiger partial charge in [-0.3, -0.25) is 14.4 Å². The quantitative estimate of drug-likeness (QED) is 0.892. The molecule has 2 rings (SSSR count). The molecule has 6 heteroatoms. The lowest BCUT2D eigenvalue weighted by Gasteiger charge is -2.19. The van der Waals surface area contributed by atoms with Crippen molar-refractivity contribution in [3.8, 4) is 0 Å². The molecule has 0 radical (unpaired) electrons. The van der Waals surface area contributed by atoms with Gasteiger partial charge in [0.25, 0.3) is 5.91 Å². The molecule has 1 heterocycles. The van der Waals surface area contributed by atoms with Crippen LogP contribution in [-0.4, -0.2) is 48.8 Å². The molecule has 1 aromatic rings. The van der Waals surface area contributed by atoms with Crippen molar-refractivity contribution < 1.29 is 14.4 Å². The molecular formula is C17H23N3O3. The minimum absolute atomic E-state index is 0.0172. The minimum Gasteiger partial charge on any atom is -0.352 e. The monoisotopic (exact) mass is 317 g/mol. The Morgan fingerprint density at radius 3 is 2.43 bits per heavy atom. The van der Waals surface area contributed by atoms with E-state index < -0.39 is 0 Å². The summed E-state index contributed by atoms with van der Waals surface area (Å²) in [7, 11) is 1.60. The molecule has 0 unspecified atom stereocenters. The first-order chi connectivity index (χ1) is 10.9. The average molecular weight is 317 g/mol. The Morgan fingerprint density at radius 2 is 1.91 bits per heavy atom. The summed E-state index contributed by atoms with van der Waals surface area (Å²) in [4.78, 5) is 38.9. The SMILES string of the molecule is CC(C)NC(=O)CN(C)C(=O)c1ccc(N2CCCC2=O)cc1. The standard InChI is InChI=1S/C17H23N3O3/c1-12(2)18-15(21)11-19(3)17(23)13-6-8-14(9-7-13)20-10-4-5-16(20)22/h6-9,12H,4-5,10-11H2,1-3H3,(H,18,21). The Hall–Kier alpha value is -2.37. The number of benzene rings is 1. The summed E-state index contributed by atoms with van der Waals surface area (Å²) < 4.78 is 0. The van der Waals surface area contributed by atoms with Crippen LogP contribution in [-0.2, 0) is 9.59 Å². The molecule has 1 aliphatic heterocycles. The molecule has 0 saturated carbocycles. The van der Waals surface area contributed by atoms with E-state index in [0.717, 1.165) is 18.7 Å². The van der Waals surface area contributed by atoms with Crippen LogP contribution in [0, 0.1) is 0 Å². The molecule has 6 nitrogen and oxygen atoms in total. The van der Waals surface area contributed by atoms with Crippen LogP contribution in [0.2, 0.25) is 0 Å². The lowest BCUT2D eigenvalue weighted by molar-refractivity contribution is -0.122. The van der Waals surface area contributed by atoms with Gasteiger partial charge in [-0.25, -0.2) is 0 Å². The van der Waals surface area contributed by atoms with Gasteiger partial charge in [-0.05, 0) is 44.5 Å². The maximum Gasteiger partial charge on any atom is 0.254 e. The van der Waals surface area contributed by atoms with E-state index in [4.69, 9.17) is 0 Å². The normalized spacial score (nSPS) is 14.3. The Balaban J connectivity index is 1.99. The smallest absolute Gasteiger partial charge is 0.254 e. The van der Waals surface area contributed by atoms with Gasteiger partial charge in [-0.1, -0.05) is 0 Å². The highest BCUT2D eigenvalue weighted by atomic mass is 16.2. The number of carbonyl (C=O) groups is 3. The third-order valence-corrected chi connectivity index (χ3v) is 3.68. The zero-order valence-corrected chi connectivity index (χ0v) is 13.8. The third-order valence-electron chi connectivity index (χ3n) is 3.68. The maximum absolute atomic E-state index is 12.3. The molecule has 124 valence electrons. The third kappa shape index (κ3) is 4.31. The van der Waals surface area contributed by atoms with Gasteiger partial charge in [0.05, 0.1) is 6.54 Å². The fourth-order valence-electron chi connectivity index (χ4n) is 2.58. The zero-order valence-electron chi connectivity index (χ0n) is 13.8. The van der Waals surface area contributed by atoms with E-state index >= 15 is 0 Å². The summed E-state index contributed by atoms with van der Waals surface area (Å²) in [6, 6.07) is 6.99.